The average molecular weight is 242 g/mol. The zero-order chi connectivity index (χ0) is 9.42. The second kappa shape index (κ2) is 2.88. The van der Waals surface area contributed by atoms with E-state index < -0.39 is 4.92 Å². The van der Waals surface area contributed by atoms with Crippen molar-refractivity contribution in [2.24, 2.45) is 10.2 Å². The third-order valence-corrected chi connectivity index (χ3v) is 2.42. The Hall–Kier alpha value is -1.30. The van der Waals surface area contributed by atoms with Gasteiger partial charge in [0.25, 0.3) is 5.69 Å². The van der Waals surface area contributed by atoms with Gasteiger partial charge in [-0.05, 0) is 6.07 Å². The number of azo groups is 1. The van der Waals surface area contributed by atoms with Gasteiger partial charge in [0, 0.05) is 17.7 Å². The van der Waals surface area contributed by atoms with E-state index in [1.807, 2.05) is 0 Å². The van der Waals surface area contributed by atoms with Crippen LogP contribution in [0.1, 0.15) is 10.5 Å². The van der Waals surface area contributed by atoms with E-state index in [0.29, 0.717) is 5.69 Å². The quantitative estimate of drug-likeness (QED) is 0.328. The second-order valence-electron chi connectivity index (χ2n) is 2.55. The van der Waals surface area contributed by atoms with Crippen molar-refractivity contribution in [3.8, 4) is 0 Å². The fraction of sp³-hybridized carbons (Fsp3) is 0.143. The maximum absolute atomic E-state index is 10.4. The van der Waals surface area contributed by atoms with Crippen molar-refractivity contribution in [2.75, 3.05) is 0 Å². The molecule has 0 unspecified atom stereocenters. The number of rotatable bonds is 1. The minimum atomic E-state index is -0.447. The highest BCUT2D eigenvalue weighted by Gasteiger charge is 2.20. The van der Waals surface area contributed by atoms with Gasteiger partial charge >= 0.3 is 0 Å². The molecule has 0 amide bonds. The van der Waals surface area contributed by atoms with Crippen LogP contribution in [0.25, 0.3) is 0 Å². The minimum Gasteiger partial charge on any atom is -0.258 e. The maximum atomic E-state index is 10.4. The zero-order valence-electron chi connectivity index (χ0n) is 6.35. The first-order chi connectivity index (χ1) is 6.18. The first kappa shape index (κ1) is 8.31. The minimum absolute atomic E-state index is 0.0410. The van der Waals surface area contributed by atoms with Gasteiger partial charge in [0.05, 0.1) is 10.6 Å². The zero-order valence-corrected chi connectivity index (χ0v) is 7.93. The SMILES string of the molecule is O=[N+]([O-])c1ccc2c(c1)N=N[C@@H]2Br. The molecular weight excluding hydrogens is 238 g/mol. The fourth-order valence-corrected chi connectivity index (χ4v) is 1.59. The molecular formula is C7H4BrN3O2. The molecule has 66 valence electrons. The van der Waals surface area contributed by atoms with E-state index >= 15 is 0 Å². The lowest BCUT2D eigenvalue weighted by atomic mass is 10.2. The van der Waals surface area contributed by atoms with Gasteiger partial charge in [-0.15, -0.1) is 0 Å². The molecule has 0 fully saturated rings. The Labute approximate surface area is 81.8 Å². The second-order valence-corrected chi connectivity index (χ2v) is 3.42. The summed E-state index contributed by atoms with van der Waals surface area (Å²) in [6.45, 7) is 0. The van der Waals surface area contributed by atoms with E-state index in [9.17, 15) is 10.1 Å². The van der Waals surface area contributed by atoms with Crippen molar-refractivity contribution in [2.45, 2.75) is 4.95 Å². The standard InChI is InChI=1S/C7H4BrN3O2/c8-7-5-2-1-4(11(12)13)3-6(5)9-10-7/h1-3,7H/t7-/m0/s1. The predicted molar refractivity (Wildman–Crippen MR) is 49.3 cm³/mol. The maximum Gasteiger partial charge on any atom is 0.271 e. The Kier molecular flexibility index (Phi) is 1.84. The lowest BCUT2D eigenvalue weighted by Gasteiger charge is -1.97. The highest BCUT2D eigenvalue weighted by Crippen LogP contribution is 2.40. The van der Waals surface area contributed by atoms with Gasteiger partial charge in [0.15, 0.2) is 4.95 Å². The summed E-state index contributed by atoms with van der Waals surface area (Å²) in [5.74, 6) is 0. The van der Waals surface area contributed by atoms with Crippen LogP contribution in [0.15, 0.2) is 28.4 Å². The third-order valence-electron chi connectivity index (χ3n) is 1.75. The smallest absolute Gasteiger partial charge is 0.258 e. The third kappa shape index (κ3) is 1.33. The van der Waals surface area contributed by atoms with Gasteiger partial charge < -0.3 is 0 Å². The average Bonchev–Trinajstić information content (AvgIpc) is 2.47. The Morgan fingerprint density at radius 3 is 3.00 bits per heavy atom. The molecule has 1 atom stereocenters. The van der Waals surface area contributed by atoms with Gasteiger partial charge in [-0.2, -0.15) is 10.2 Å². The van der Waals surface area contributed by atoms with Gasteiger partial charge in [0.2, 0.25) is 0 Å². The summed E-state index contributed by atoms with van der Waals surface area (Å²) >= 11 is 3.27. The Morgan fingerprint density at radius 2 is 2.31 bits per heavy atom. The van der Waals surface area contributed by atoms with E-state index in [4.69, 9.17) is 0 Å². The number of nitrogens with zero attached hydrogens (tertiary/aromatic N) is 3. The molecule has 1 aromatic rings. The first-order valence-electron chi connectivity index (χ1n) is 3.52. The van der Waals surface area contributed by atoms with Crippen LogP contribution >= 0.6 is 15.9 Å². The van der Waals surface area contributed by atoms with Crippen LogP contribution in [0.3, 0.4) is 0 Å². The highest BCUT2D eigenvalue weighted by atomic mass is 79.9. The van der Waals surface area contributed by atoms with Gasteiger partial charge in [-0.25, -0.2) is 0 Å². The van der Waals surface area contributed by atoms with Crippen molar-refractivity contribution in [3.63, 3.8) is 0 Å². The Bertz CT molecular complexity index is 405. The summed E-state index contributed by atoms with van der Waals surface area (Å²) in [5, 5.41) is 18.0. The van der Waals surface area contributed by atoms with Crippen molar-refractivity contribution >= 4 is 27.3 Å². The number of benzene rings is 1. The molecule has 0 spiro atoms. The van der Waals surface area contributed by atoms with Crippen molar-refractivity contribution in [1.29, 1.82) is 0 Å². The largest absolute Gasteiger partial charge is 0.271 e. The molecule has 0 bridgehead atoms. The molecule has 0 aromatic heterocycles. The first-order valence-corrected chi connectivity index (χ1v) is 4.43. The number of alkyl halides is 1. The number of non-ortho nitro benzene ring substituents is 1. The van der Waals surface area contributed by atoms with Crippen LogP contribution in [0.5, 0.6) is 0 Å². The highest BCUT2D eigenvalue weighted by molar-refractivity contribution is 9.09. The number of fused-ring (bicyclic) bond motifs is 1. The summed E-state index contributed by atoms with van der Waals surface area (Å²) in [4.78, 5) is 9.79. The lowest BCUT2D eigenvalue weighted by Crippen LogP contribution is -1.88. The number of nitro benzene ring substituents is 1. The summed E-state index contributed by atoms with van der Waals surface area (Å²) in [6, 6.07) is 4.52. The molecule has 0 saturated heterocycles. The van der Waals surface area contributed by atoms with Crippen molar-refractivity contribution < 1.29 is 4.92 Å². The molecule has 6 heteroatoms. The van der Waals surface area contributed by atoms with E-state index in [0.717, 1.165) is 5.56 Å². The summed E-state index contributed by atoms with van der Waals surface area (Å²) in [6.07, 6.45) is 0. The van der Waals surface area contributed by atoms with Crippen molar-refractivity contribution in [3.05, 3.63) is 33.9 Å². The molecule has 1 heterocycles. The van der Waals surface area contributed by atoms with E-state index in [-0.39, 0.29) is 10.6 Å². The predicted octanol–water partition coefficient (Wildman–Crippen LogP) is 3.09. The van der Waals surface area contributed by atoms with Gasteiger partial charge in [-0.1, -0.05) is 15.9 Å². The normalized spacial score (nSPS) is 18.7. The Balaban J connectivity index is 2.50. The number of hydrogen-bond donors (Lipinski definition) is 0. The van der Waals surface area contributed by atoms with Crippen molar-refractivity contribution in [1.82, 2.24) is 0 Å². The van der Waals surface area contributed by atoms with Crippen LogP contribution in [0.4, 0.5) is 11.4 Å². The molecule has 2 rings (SSSR count). The number of nitro groups is 1. The number of hydrogen-bond acceptors (Lipinski definition) is 4. The molecule has 13 heavy (non-hydrogen) atoms. The van der Waals surface area contributed by atoms with E-state index in [1.54, 1.807) is 6.07 Å². The monoisotopic (exact) mass is 241 g/mol. The summed E-state index contributed by atoms with van der Waals surface area (Å²) in [7, 11) is 0. The summed E-state index contributed by atoms with van der Waals surface area (Å²) < 4.78 is 0. The van der Waals surface area contributed by atoms with Crippen LogP contribution < -0.4 is 0 Å². The molecule has 0 aliphatic carbocycles. The van der Waals surface area contributed by atoms with Gasteiger partial charge in [-0.3, -0.25) is 10.1 Å². The Morgan fingerprint density at radius 1 is 1.54 bits per heavy atom. The van der Waals surface area contributed by atoms with E-state index in [2.05, 4.69) is 26.2 Å². The molecule has 1 aliphatic heterocycles. The molecule has 0 N–H and O–H groups in total. The molecule has 0 saturated carbocycles. The molecule has 1 aromatic carbocycles. The topological polar surface area (TPSA) is 67.9 Å². The molecule has 1 aliphatic rings. The molecule has 0 radical (unpaired) electrons. The summed E-state index contributed by atoms with van der Waals surface area (Å²) in [5.41, 5.74) is 1.47. The molecule has 5 nitrogen and oxygen atoms in total. The van der Waals surface area contributed by atoms with Crippen LogP contribution in [0, 0.1) is 10.1 Å². The van der Waals surface area contributed by atoms with Crippen LogP contribution in [0.2, 0.25) is 0 Å². The lowest BCUT2D eigenvalue weighted by molar-refractivity contribution is -0.384. The van der Waals surface area contributed by atoms with Crippen LogP contribution in [-0.2, 0) is 0 Å². The van der Waals surface area contributed by atoms with Gasteiger partial charge in [0.1, 0.15) is 0 Å². The van der Waals surface area contributed by atoms with E-state index in [1.165, 1.54) is 12.1 Å². The van der Waals surface area contributed by atoms with Crippen LogP contribution in [-0.4, -0.2) is 4.92 Å². The fourth-order valence-electron chi connectivity index (χ4n) is 1.11. The number of halogens is 1.